The van der Waals surface area contributed by atoms with Gasteiger partial charge in [0.25, 0.3) is 0 Å². The van der Waals surface area contributed by atoms with Crippen LogP contribution < -0.4 is 0 Å². The maximum absolute atomic E-state index is 11.8. The Hall–Kier alpha value is -1.30. The van der Waals surface area contributed by atoms with Crippen LogP contribution in [0.15, 0.2) is 0 Å². The summed E-state index contributed by atoms with van der Waals surface area (Å²) in [4.78, 5) is 25.1. The molecule has 0 aromatic heterocycles. The van der Waals surface area contributed by atoms with Crippen LogP contribution in [0.1, 0.15) is 20.3 Å². The number of urea groups is 1. The van der Waals surface area contributed by atoms with Crippen molar-refractivity contribution in [1.82, 2.24) is 9.80 Å². The van der Waals surface area contributed by atoms with Crippen molar-refractivity contribution in [2.45, 2.75) is 32.4 Å². The van der Waals surface area contributed by atoms with Crippen molar-refractivity contribution in [1.29, 1.82) is 0 Å². The fourth-order valence-corrected chi connectivity index (χ4v) is 1.49. The molecule has 2 unspecified atom stereocenters. The first kappa shape index (κ1) is 14.7. The maximum atomic E-state index is 11.8. The number of nitrogens with zero attached hydrogens (tertiary/aromatic N) is 2. The highest BCUT2D eigenvalue weighted by Gasteiger charge is 2.26. The number of hydrogen-bond acceptors (Lipinski definition) is 3. The summed E-state index contributed by atoms with van der Waals surface area (Å²) in [5.41, 5.74) is 0. The highest BCUT2D eigenvalue weighted by Crippen LogP contribution is 2.05. The summed E-state index contributed by atoms with van der Waals surface area (Å²) in [6.07, 6.45) is -0.285. The molecular formula is C10H20N2O4. The van der Waals surface area contributed by atoms with Crippen molar-refractivity contribution in [3.63, 3.8) is 0 Å². The van der Waals surface area contributed by atoms with Crippen LogP contribution in [0.2, 0.25) is 0 Å². The molecule has 6 heteroatoms. The lowest BCUT2D eigenvalue weighted by atomic mass is 10.2. The van der Waals surface area contributed by atoms with E-state index in [1.807, 2.05) is 0 Å². The van der Waals surface area contributed by atoms with Gasteiger partial charge in [0.15, 0.2) is 0 Å². The van der Waals surface area contributed by atoms with Crippen LogP contribution in [-0.2, 0) is 4.79 Å². The van der Waals surface area contributed by atoms with Gasteiger partial charge in [0.05, 0.1) is 6.10 Å². The number of carbonyl (C=O) groups excluding carboxylic acids is 1. The Morgan fingerprint density at radius 3 is 2.12 bits per heavy atom. The van der Waals surface area contributed by atoms with E-state index in [0.29, 0.717) is 6.42 Å². The van der Waals surface area contributed by atoms with Gasteiger partial charge in [0.1, 0.15) is 6.04 Å². The molecule has 0 saturated heterocycles. The molecule has 0 aliphatic rings. The van der Waals surface area contributed by atoms with E-state index in [1.54, 1.807) is 13.8 Å². The molecule has 0 spiro atoms. The van der Waals surface area contributed by atoms with Crippen molar-refractivity contribution in [3.8, 4) is 0 Å². The summed E-state index contributed by atoms with van der Waals surface area (Å²) >= 11 is 0. The summed E-state index contributed by atoms with van der Waals surface area (Å²) in [6, 6.07) is -1.24. The second kappa shape index (κ2) is 6.32. The summed E-state index contributed by atoms with van der Waals surface area (Å²) in [7, 11) is 2.98. The SMILES string of the molecule is CCC(C(=O)O)N(C)C(=O)N(C)CC(C)O. The Balaban J connectivity index is 4.52. The Morgan fingerprint density at radius 1 is 1.31 bits per heavy atom. The molecule has 0 rings (SSSR count). The smallest absolute Gasteiger partial charge is 0.326 e. The molecule has 6 nitrogen and oxygen atoms in total. The maximum Gasteiger partial charge on any atom is 0.326 e. The standard InChI is InChI=1S/C10H20N2O4/c1-5-8(9(14)15)12(4)10(16)11(3)6-7(2)13/h7-8,13H,5-6H2,1-4H3,(H,14,15). The number of aliphatic hydroxyl groups excluding tert-OH is 1. The van der Waals surface area contributed by atoms with Crippen molar-refractivity contribution in [3.05, 3.63) is 0 Å². The Bertz CT molecular complexity index is 255. The first-order chi connectivity index (χ1) is 7.31. The topological polar surface area (TPSA) is 81.1 Å². The predicted molar refractivity (Wildman–Crippen MR) is 59.2 cm³/mol. The average Bonchev–Trinajstić information content (AvgIpc) is 2.15. The van der Waals surface area contributed by atoms with E-state index in [9.17, 15) is 9.59 Å². The van der Waals surface area contributed by atoms with Gasteiger partial charge in [0.2, 0.25) is 0 Å². The zero-order chi connectivity index (χ0) is 12.9. The summed E-state index contributed by atoms with van der Waals surface area (Å²) in [6.45, 7) is 3.45. The Morgan fingerprint density at radius 2 is 1.81 bits per heavy atom. The van der Waals surface area contributed by atoms with Gasteiger partial charge in [0, 0.05) is 20.6 Å². The molecule has 0 aliphatic heterocycles. The number of rotatable bonds is 5. The number of aliphatic carboxylic acids is 1. The highest BCUT2D eigenvalue weighted by atomic mass is 16.4. The third-order valence-corrected chi connectivity index (χ3v) is 2.31. The number of hydrogen-bond donors (Lipinski definition) is 2. The van der Waals surface area contributed by atoms with Gasteiger partial charge in [-0.25, -0.2) is 9.59 Å². The lowest BCUT2D eigenvalue weighted by molar-refractivity contribution is -0.142. The molecule has 0 fully saturated rings. The largest absolute Gasteiger partial charge is 0.480 e. The van der Waals surface area contributed by atoms with Gasteiger partial charge < -0.3 is 20.0 Å². The van der Waals surface area contributed by atoms with Gasteiger partial charge in [-0.3, -0.25) is 0 Å². The van der Waals surface area contributed by atoms with Gasteiger partial charge in [-0.1, -0.05) is 6.92 Å². The monoisotopic (exact) mass is 232 g/mol. The third-order valence-electron chi connectivity index (χ3n) is 2.31. The van der Waals surface area contributed by atoms with Gasteiger partial charge in [-0.15, -0.1) is 0 Å². The van der Waals surface area contributed by atoms with Crippen molar-refractivity contribution < 1.29 is 19.8 Å². The minimum atomic E-state index is -1.02. The normalized spacial score (nSPS) is 14.1. The van der Waals surface area contributed by atoms with E-state index < -0.39 is 24.1 Å². The first-order valence-corrected chi connectivity index (χ1v) is 5.20. The van der Waals surface area contributed by atoms with E-state index in [4.69, 9.17) is 10.2 Å². The predicted octanol–water partition coefficient (Wildman–Crippen LogP) is 0.214. The number of carboxylic acid groups (broad SMARTS) is 1. The van der Waals surface area contributed by atoms with Gasteiger partial charge in [-0.2, -0.15) is 0 Å². The summed E-state index contributed by atoms with van der Waals surface area (Å²) in [5.74, 6) is -1.02. The lowest BCUT2D eigenvalue weighted by Gasteiger charge is -2.29. The molecule has 0 aromatic carbocycles. The molecule has 2 atom stereocenters. The van der Waals surface area contributed by atoms with Crippen molar-refractivity contribution in [2.24, 2.45) is 0 Å². The molecule has 0 bridgehead atoms. The molecule has 0 aromatic rings. The average molecular weight is 232 g/mol. The van der Waals surface area contributed by atoms with E-state index in [2.05, 4.69) is 0 Å². The number of aliphatic hydroxyl groups is 1. The molecule has 0 aliphatic carbocycles. The van der Waals surface area contributed by atoms with Crippen LogP contribution in [0.4, 0.5) is 4.79 Å². The van der Waals surface area contributed by atoms with Gasteiger partial charge >= 0.3 is 12.0 Å². The minimum Gasteiger partial charge on any atom is -0.480 e. The Kier molecular flexibility index (Phi) is 5.81. The molecule has 0 radical (unpaired) electrons. The zero-order valence-corrected chi connectivity index (χ0v) is 10.2. The number of carboxylic acids is 1. The second-order valence-corrected chi connectivity index (χ2v) is 3.89. The van der Waals surface area contributed by atoms with E-state index in [0.717, 1.165) is 0 Å². The van der Waals surface area contributed by atoms with Crippen molar-refractivity contribution >= 4 is 12.0 Å². The van der Waals surface area contributed by atoms with Crippen LogP contribution in [0.3, 0.4) is 0 Å². The quantitative estimate of drug-likeness (QED) is 0.710. The fourth-order valence-electron chi connectivity index (χ4n) is 1.49. The molecular weight excluding hydrogens is 212 g/mol. The Labute approximate surface area is 95.5 Å². The molecule has 2 amide bonds. The number of likely N-dealkylation sites (N-methyl/N-ethyl adjacent to an activating group) is 2. The molecule has 0 heterocycles. The fraction of sp³-hybridized carbons (Fsp3) is 0.800. The van der Waals surface area contributed by atoms with Crippen LogP contribution in [-0.4, -0.2) is 64.8 Å². The molecule has 16 heavy (non-hydrogen) atoms. The van der Waals surface area contributed by atoms with Crippen LogP contribution in [0, 0.1) is 0 Å². The second-order valence-electron chi connectivity index (χ2n) is 3.89. The zero-order valence-electron chi connectivity index (χ0n) is 10.2. The van der Waals surface area contributed by atoms with Crippen molar-refractivity contribution in [2.75, 3.05) is 20.6 Å². The van der Waals surface area contributed by atoms with E-state index in [-0.39, 0.29) is 6.54 Å². The third kappa shape index (κ3) is 4.06. The minimum absolute atomic E-state index is 0.180. The van der Waals surface area contributed by atoms with Crippen LogP contribution >= 0.6 is 0 Å². The van der Waals surface area contributed by atoms with Crippen LogP contribution in [0.5, 0.6) is 0 Å². The first-order valence-electron chi connectivity index (χ1n) is 5.20. The van der Waals surface area contributed by atoms with Gasteiger partial charge in [-0.05, 0) is 13.3 Å². The van der Waals surface area contributed by atoms with E-state index >= 15 is 0 Å². The molecule has 0 saturated carbocycles. The molecule has 2 N–H and O–H groups in total. The van der Waals surface area contributed by atoms with E-state index in [1.165, 1.54) is 23.9 Å². The number of amides is 2. The molecule has 94 valence electrons. The highest BCUT2D eigenvalue weighted by molar-refractivity contribution is 5.82. The van der Waals surface area contributed by atoms with Crippen LogP contribution in [0.25, 0.3) is 0 Å². The lowest BCUT2D eigenvalue weighted by Crippen LogP contribution is -2.48. The summed E-state index contributed by atoms with van der Waals surface area (Å²) in [5, 5.41) is 18.0. The summed E-state index contributed by atoms with van der Waals surface area (Å²) < 4.78 is 0. The number of carbonyl (C=O) groups is 2.